The SMILES string of the molecule is CCOC(=O)c1nc(C)n(CC(C)(C)CC)c1N. The molecule has 1 aromatic rings. The molecule has 0 saturated heterocycles. The maximum Gasteiger partial charge on any atom is 0.360 e. The van der Waals surface area contributed by atoms with E-state index >= 15 is 0 Å². The Morgan fingerprint density at radius 2 is 2.06 bits per heavy atom. The number of ether oxygens (including phenoxy) is 1. The third-order valence-electron chi connectivity index (χ3n) is 3.21. The van der Waals surface area contributed by atoms with Gasteiger partial charge >= 0.3 is 5.97 Å². The second kappa shape index (κ2) is 5.42. The van der Waals surface area contributed by atoms with Crippen LogP contribution >= 0.6 is 0 Å². The lowest BCUT2D eigenvalue weighted by molar-refractivity contribution is 0.0521. The Kier molecular flexibility index (Phi) is 4.38. The number of hydrogen-bond donors (Lipinski definition) is 1. The largest absolute Gasteiger partial charge is 0.461 e. The van der Waals surface area contributed by atoms with E-state index in [2.05, 4.69) is 25.8 Å². The number of carbonyl (C=O) groups is 1. The Morgan fingerprint density at radius 1 is 1.44 bits per heavy atom. The molecule has 0 aliphatic heterocycles. The fourth-order valence-electron chi connectivity index (χ4n) is 1.67. The average Bonchev–Trinajstić information content (AvgIpc) is 2.57. The smallest absolute Gasteiger partial charge is 0.360 e. The predicted molar refractivity (Wildman–Crippen MR) is 71.4 cm³/mol. The fourth-order valence-corrected chi connectivity index (χ4v) is 1.67. The highest BCUT2D eigenvalue weighted by molar-refractivity contribution is 5.92. The third-order valence-corrected chi connectivity index (χ3v) is 3.21. The van der Waals surface area contributed by atoms with Gasteiger partial charge in [-0.15, -0.1) is 0 Å². The first kappa shape index (κ1) is 14.5. The molecule has 2 N–H and O–H groups in total. The van der Waals surface area contributed by atoms with Gasteiger partial charge in [0.1, 0.15) is 11.6 Å². The molecule has 1 rings (SSSR count). The Hall–Kier alpha value is -1.52. The molecule has 1 heterocycles. The zero-order chi connectivity index (χ0) is 13.9. The molecule has 5 heteroatoms. The Labute approximate surface area is 108 Å². The second-order valence-corrected chi connectivity index (χ2v) is 5.22. The topological polar surface area (TPSA) is 70.1 Å². The lowest BCUT2D eigenvalue weighted by Crippen LogP contribution is -2.21. The number of carbonyl (C=O) groups excluding carboxylic acids is 1. The number of hydrogen-bond acceptors (Lipinski definition) is 4. The third kappa shape index (κ3) is 3.03. The molecular formula is C13H23N3O2. The van der Waals surface area contributed by atoms with E-state index < -0.39 is 5.97 Å². The van der Waals surface area contributed by atoms with Crippen LogP contribution in [-0.2, 0) is 11.3 Å². The summed E-state index contributed by atoms with van der Waals surface area (Å²) in [4.78, 5) is 15.9. The highest BCUT2D eigenvalue weighted by Crippen LogP contribution is 2.26. The highest BCUT2D eigenvalue weighted by Gasteiger charge is 2.24. The van der Waals surface area contributed by atoms with E-state index in [0.29, 0.717) is 12.4 Å². The molecule has 0 bridgehead atoms. The van der Waals surface area contributed by atoms with Crippen molar-refractivity contribution in [3.8, 4) is 0 Å². The normalized spacial score (nSPS) is 11.6. The number of imidazole rings is 1. The van der Waals surface area contributed by atoms with Crippen LogP contribution in [0.4, 0.5) is 5.82 Å². The van der Waals surface area contributed by atoms with E-state index in [0.717, 1.165) is 18.8 Å². The van der Waals surface area contributed by atoms with E-state index in [4.69, 9.17) is 10.5 Å². The van der Waals surface area contributed by atoms with Crippen LogP contribution in [0.15, 0.2) is 0 Å². The molecule has 18 heavy (non-hydrogen) atoms. The minimum absolute atomic E-state index is 0.117. The molecule has 0 unspecified atom stereocenters. The van der Waals surface area contributed by atoms with E-state index in [9.17, 15) is 4.79 Å². The van der Waals surface area contributed by atoms with Gasteiger partial charge in [0.25, 0.3) is 0 Å². The van der Waals surface area contributed by atoms with Gasteiger partial charge in [-0.3, -0.25) is 0 Å². The first-order valence-corrected chi connectivity index (χ1v) is 6.32. The second-order valence-electron chi connectivity index (χ2n) is 5.22. The van der Waals surface area contributed by atoms with Crippen LogP contribution in [0.2, 0.25) is 0 Å². The molecule has 5 nitrogen and oxygen atoms in total. The van der Waals surface area contributed by atoms with E-state index in [1.807, 2.05) is 11.5 Å². The summed E-state index contributed by atoms with van der Waals surface area (Å²) in [5.41, 5.74) is 6.34. The molecule has 0 aliphatic carbocycles. The highest BCUT2D eigenvalue weighted by atomic mass is 16.5. The minimum atomic E-state index is -0.453. The lowest BCUT2D eigenvalue weighted by atomic mass is 9.90. The lowest BCUT2D eigenvalue weighted by Gasteiger charge is -2.24. The number of esters is 1. The average molecular weight is 253 g/mol. The van der Waals surface area contributed by atoms with E-state index in [1.165, 1.54) is 0 Å². The van der Waals surface area contributed by atoms with Crippen molar-refractivity contribution in [1.29, 1.82) is 0 Å². The Morgan fingerprint density at radius 3 is 2.56 bits per heavy atom. The Balaban J connectivity index is 3.05. The summed E-state index contributed by atoms with van der Waals surface area (Å²) in [7, 11) is 0. The fraction of sp³-hybridized carbons (Fsp3) is 0.692. The summed E-state index contributed by atoms with van der Waals surface area (Å²) in [6.45, 7) is 11.1. The van der Waals surface area contributed by atoms with Gasteiger partial charge in [0.2, 0.25) is 0 Å². The maximum absolute atomic E-state index is 11.7. The molecule has 0 aliphatic rings. The number of rotatable bonds is 5. The van der Waals surface area contributed by atoms with Gasteiger partial charge in [-0.25, -0.2) is 9.78 Å². The predicted octanol–water partition coefficient (Wildman–Crippen LogP) is 2.39. The van der Waals surface area contributed by atoms with Crippen LogP contribution in [-0.4, -0.2) is 22.1 Å². The van der Waals surface area contributed by atoms with Crippen LogP contribution in [0.1, 0.15) is 50.4 Å². The standard InChI is InChI=1S/C13H23N3O2/c1-6-13(4,5)8-16-9(3)15-10(11(16)14)12(17)18-7-2/h6-8,14H2,1-5H3. The van der Waals surface area contributed by atoms with Crippen molar-refractivity contribution in [2.75, 3.05) is 12.3 Å². The molecular weight excluding hydrogens is 230 g/mol. The summed E-state index contributed by atoms with van der Waals surface area (Å²) in [6.07, 6.45) is 1.03. The van der Waals surface area contributed by atoms with Gasteiger partial charge in [0.15, 0.2) is 5.69 Å². The molecule has 0 atom stereocenters. The Bertz CT molecular complexity index is 436. The van der Waals surface area contributed by atoms with Crippen molar-refractivity contribution >= 4 is 11.8 Å². The van der Waals surface area contributed by atoms with Crippen LogP contribution in [0, 0.1) is 12.3 Å². The molecule has 0 amide bonds. The molecule has 1 aromatic heterocycles. The minimum Gasteiger partial charge on any atom is -0.461 e. The van der Waals surface area contributed by atoms with Crippen LogP contribution in [0.5, 0.6) is 0 Å². The zero-order valence-corrected chi connectivity index (χ0v) is 11.9. The quantitative estimate of drug-likeness (QED) is 0.818. The van der Waals surface area contributed by atoms with Gasteiger partial charge in [-0.2, -0.15) is 0 Å². The van der Waals surface area contributed by atoms with E-state index in [-0.39, 0.29) is 11.1 Å². The van der Waals surface area contributed by atoms with Crippen molar-refractivity contribution in [3.05, 3.63) is 11.5 Å². The van der Waals surface area contributed by atoms with Crippen LogP contribution < -0.4 is 5.73 Å². The van der Waals surface area contributed by atoms with Crippen LogP contribution in [0.3, 0.4) is 0 Å². The molecule has 0 spiro atoms. The zero-order valence-electron chi connectivity index (χ0n) is 11.9. The first-order valence-electron chi connectivity index (χ1n) is 6.32. The van der Waals surface area contributed by atoms with Crippen molar-refractivity contribution in [2.45, 2.75) is 47.6 Å². The van der Waals surface area contributed by atoms with Crippen molar-refractivity contribution in [3.63, 3.8) is 0 Å². The van der Waals surface area contributed by atoms with Crippen molar-refractivity contribution < 1.29 is 9.53 Å². The summed E-state index contributed by atoms with van der Waals surface area (Å²) >= 11 is 0. The molecule has 0 saturated carbocycles. The maximum atomic E-state index is 11.7. The number of nitrogens with zero attached hydrogens (tertiary/aromatic N) is 2. The van der Waals surface area contributed by atoms with Gasteiger partial charge in [0.05, 0.1) is 6.61 Å². The van der Waals surface area contributed by atoms with Gasteiger partial charge in [-0.05, 0) is 25.7 Å². The molecule has 0 fully saturated rings. The number of nitrogen functional groups attached to an aromatic ring is 1. The summed E-state index contributed by atoms with van der Waals surface area (Å²) < 4.78 is 6.82. The van der Waals surface area contributed by atoms with Gasteiger partial charge in [-0.1, -0.05) is 20.8 Å². The van der Waals surface area contributed by atoms with Gasteiger partial charge < -0.3 is 15.0 Å². The number of aromatic nitrogens is 2. The van der Waals surface area contributed by atoms with E-state index in [1.54, 1.807) is 6.92 Å². The molecule has 102 valence electrons. The molecule has 0 radical (unpaired) electrons. The van der Waals surface area contributed by atoms with Crippen molar-refractivity contribution in [2.24, 2.45) is 5.41 Å². The summed E-state index contributed by atoms with van der Waals surface area (Å²) in [6, 6.07) is 0. The van der Waals surface area contributed by atoms with Crippen LogP contribution in [0.25, 0.3) is 0 Å². The number of anilines is 1. The van der Waals surface area contributed by atoms with Gasteiger partial charge in [0, 0.05) is 6.54 Å². The summed E-state index contributed by atoms with van der Waals surface area (Å²) in [5, 5.41) is 0. The number of aryl methyl sites for hydroxylation is 1. The first-order chi connectivity index (χ1) is 8.32. The monoisotopic (exact) mass is 253 g/mol. The summed E-state index contributed by atoms with van der Waals surface area (Å²) in [5.74, 6) is 0.690. The van der Waals surface area contributed by atoms with Crippen molar-refractivity contribution in [1.82, 2.24) is 9.55 Å². The number of nitrogens with two attached hydrogens (primary N) is 1. The molecule has 0 aromatic carbocycles.